The van der Waals surface area contributed by atoms with Gasteiger partial charge in [0, 0.05) is 6.54 Å². The minimum absolute atomic E-state index is 0.133. The fourth-order valence-corrected chi connectivity index (χ4v) is 3.53. The van der Waals surface area contributed by atoms with Crippen LogP contribution in [-0.2, 0) is 6.42 Å². The van der Waals surface area contributed by atoms with Gasteiger partial charge in [-0.15, -0.1) is 6.58 Å². The van der Waals surface area contributed by atoms with Crippen molar-refractivity contribution < 1.29 is 4.39 Å². The Morgan fingerprint density at radius 3 is 1.90 bits per heavy atom. The summed E-state index contributed by atoms with van der Waals surface area (Å²) in [7, 11) is 0. The Labute approximate surface area is 262 Å². The summed E-state index contributed by atoms with van der Waals surface area (Å²) in [6.45, 7) is 35.1. The largest absolute Gasteiger partial charge is 0.330 e. The minimum Gasteiger partial charge on any atom is -0.330 e. The number of halogens is 1. The molecule has 0 aliphatic carbocycles. The van der Waals surface area contributed by atoms with E-state index in [0.29, 0.717) is 12.5 Å². The van der Waals surface area contributed by atoms with Crippen LogP contribution in [0.5, 0.6) is 0 Å². The zero-order valence-corrected chi connectivity index (χ0v) is 29.0. The summed E-state index contributed by atoms with van der Waals surface area (Å²) in [6.07, 6.45) is 17.6. The Morgan fingerprint density at radius 2 is 1.52 bits per heavy atom. The molecule has 1 atom stereocenters. The zero-order chi connectivity index (χ0) is 33.3. The van der Waals surface area contributed by atoms with Gasteiger partial charge in [0.2, 0.25) is 0 Å². The predicted octanol–water partition coefficient (Wildman–Crippen LogP) is 11.6. The van der Waals surface area contributed by atoms with Crippen LogP contribution >= 0.6 is 0 Å². The third kappa shape index (κ3) is 28.8. The number of nitrogens with two attached hydrogens (primary N) is 2. The van der Waals surface area contributed by atoms with Crippen LogP contribution in [0.15, 0.2) is 109 Å². The van der Waals surface area contributed by atoms with Crippen molar-refractivity contribution in [3.05, 3.63) is 120 Å². The zero-order valence-electron chi connectivity index (χ0n) is 29.0. The lowest BCUT2D eigenvalue weighted by atomic mass is 9.96. The molecule has 3 heteroatoms. The molecule has 0 saturated carbocycles. The van der Waals surface area contributed by atoms with E-state index in [1.54, 1.807) is 12.1 Å². The van der Waals surface area contributed by atoms with Gasteiger partial charge in [-0.1, -0.05) is 128 Å². The van der Waals surface area contributed by atoms with Gasteiger partial charge in [-0.2, -0.15) is 0 Å². The maximum absolute atomic E-state index is 12.5. The van der Waals surface area contributed by atoms with Crippen LogP contribution in [0.25, 0.3) is 0 Å². The quantitative estimate of drug-likeness (QED) is 0.169. The highest BCUT2D eigenvalue weighted by Gasteiger charge is 2.05. The van der Waals surface area contributed by atoms with Crippen LogP contribution in [0.2, 0.25) is 0 Å². The number of aryl methyl sites for hydroxylation is 1. The fourth-order valence-electron chi connectivity index (χ4n) is 3.53. The van der Waals surface area contributed by atoms with Crippen molar-refractivity contribution in [2.24, 2.45) is 17.4 Å². The third-order valence-electron chi connectivity index (χ3n) is 6.05. The fraction of sp³-hybridized carbons (Fsp3) is 0.487. The lowest BCUT2D eigenvalue weighted by Gasteiger charge is -2.13. The van der Waals surface area contributed by atoms with Gasteiger partial charge in [0.15, 0.2) is 0 Å². The van der Waals surface area contributed by atoms with E-state index in [1.165, 1.54) is 41.2 Å². The van der Waals surface area contributed by atoms with Crippen molar-refractivity contribution in [3.8, 4) is 0 Å². The van der Waals surface area contributed by atoms with Crippen LogP contribution in [0.4, 0.5) is 4.39 Å². The normalized spacial score (nSPS) is 11.7. The Hall–Kier alpha value is -2.75. The van der Waals surface area contributed by atoms with E-state index in [-0.39, 0.29) is 5.82 Å². The molecule has 0 amide bonds. The lowest BCUT2D eigenvalue weighted by molar-refractivity contribution is 0.484. The maximum atomic E-state index is 12.5. The second-order valence-electron chi connectivity index (χ2n) is 9.80. The summed E-state index contributed by atoms with van der Waals surface area (Å²) < 4.78 is 12.5. The Bertz CT molecular complexity index is 918. The van der Waals surface area contributed by atoms with Gasteiger partial charge in [0.05, 0.1) is 0 Å². The molecule has 0 saturated heterocycles. The van der Waals surface area contributed by atoms with Gasteiger partial charge in [-0.3, -0.25) is 0 Å². The maximum Gasteiger partial charge on any atom is 0.123 e. The van der Waals surface area contributed by atoms with Crippen LogP contribution in [0.3, 0.4) is 0 Å². The molecule has 0 unspecified atom stereocenters. The number of benzene rings is 1. The number of allylic oxidation sites excluding steroid dienone is 9. The smallest absolute Gasteiger partial charge is 0.123 e. The summed E-state index contributed by atoms with van der Waals surface area (Å²) in [6, 6.07) is 6.76. The van der Waals surface area contributed by atoms with Gasteiger partial charge in [0.1, 0.15) is 5.82 Å². The summed E-state index contributed by atoms with van der Waals surface area (Å²) >= 11 is 0. The standard InChI is InChI=1S/C15H22.C9H11F.C9H20N2.C4H8.C2H6/c1-7-10-15(9-3)14(6)13(5)11-12(4)8-2;1-2-4-8-5-3-6-9(10)7-8;1-3-4-9(7-11)5-8(2)6-10;1-3-4-2;1-2/h8-11H,2-3,7H2,1,4-6H3;3,5-7H,2,4H2,1H3;9H,2-7,10-11H2,1H3;3H,1,4H2,2H3;1-2H3/b12-11-,14-13+,15-10+;;;;/t;;9-;;/m..0../s1. The van der Waals surface area contributed by atoms with E-state index < -0.39 is 0 Å². The van der Waals surface area contributed by atoms with Crippen molar-refractivity contribution in [3.63, 3.8) is 0 Å². The molecule has 0 heterocycles. The first kappa shape index (κ1) is 46.2. The van der Waals surface area contributed by atoms with Crippen LogP contribution in [-0.4, -0.2) is 13.1 Å². The SMILES string of the molecule is C=C(CN)C[C@@H](CN)CCC.C=CCC.C=C\C(C)=C/C(C)=C(C)/C(C=C)=C/CC.CC.CCCc1cccc(F)c1. The van der Waals surface area contributed by atoms with E-state index >= 15 is 0 Å². The molecule has 0 radical (unpaired) electrons. The van der Waals surface area contributed by atoms with Gasteiger partial charge >= 0.3 is 0 Å². The highest BCUT2D eigenvalue weighted by atomic mass is 19.1. The molecular formula is C39H67FN2. The molecule has 1 aromatic rings. The molecule has 0 spiro atoms. The van der Waals surface area contributed by atoms with Gasteiger partial charge in [-0.25, -0.2) is 4.39 Å². The van der Waals surface area contributed by atoms with Crippen molar-refractivity contribution >= 4 is 0 Å². The van der Waals surface area contributed by atoms with Gasteiger partial charge in [0.25, 0.3) is 0 Å². The van der Waals surface area contributed by atoms with Crippen molar-refractivity contribution in [2.75, 3.05) is 13.1 Å². The van der Waals surface area contributed by atoms with Gasteiger partial charge in [-0.05, 0) is 99.8 Å². The molecule has 0 aliphatic rings. The molecule has 0 aromatic heterocycles. The van der Waals surface area contributed by atoms with Crippen molar-refractivity contribution in [1.82, 2.24) is 0 Å². The molecule has 2 nitrogen and oxygen atoms in total. The first-order valence-corrected chi connectivity index (χ1v) is 15.8. The molecular weight excluding hydrogens is 515 g/mol. The summed E-state index contributed by atoms with van der Waals surface area (Å²) in [5.74, 6) is 0.460. The van der Waals surface area contributed by atoms with Crippen molar-refractivity contribution in [2.45, 2.75) is 107 Å². The molecule has 0 bridgehead atoms. The van der Waals surface area contributed by atoms with E-state index in [9.17, 15) is 4.39 Å². The van der Waals surface area contributed by atoms with Crippen LogP contribution < -0.4 is 11.5 Å². The minimum atomic E-state index is -0.133. The van der Waals surface area contributed by atoms with Crippen LogP contribution in [0.1, 0.15) is 106 Å². The molecule has 4 N–H and O–H groups in total. The second-order valence-corrected chi connectivity index (χ2v) is 9.80. The van der Waals surface area contributed by atoms with E-state index in [1.807, 2.05) is 38.1 Å². The summed E-state index contributed by atoms with van der Waals surface area (Å²) in [4.78, 5) is 0. The van der Waals surface area contributed by atoms with E-state index in [2.05, 4.69) is 86.9 Å². The Morgan fingerprint density at radius 1 is 0.929 bits per heavy atom. The van der Waals surface area contributed by atoms with E-state index in [0.717, 1.165) is 49.8 Å². The highest BCUT2D eigenvalue weighted by Crippen LogP contribution is 2.18. The number of hydrogen-bond donors (Lipinski definition) is 2. The molecule has 0 fully saturated rings. The molecule has 1 rings (SSSR count). The topological polar surface area (TPSA) is 52.0 Å². The van der Waals surface area contributed by atoms with Crippen LogP contribution in [0, 0.1) is 11.7 Å². The number of rotatable bonds is 14. The predicted molar refractivity (Wildman–Crippen MR) is 193 cm³/mol. The molecule has 0 aliphatic heterocycles. The summed E-state index contributed by atoms with van der Waals surface area (Å²) in [5, 5.41) is 0. The van der Waals surface area contributed by atoms with Gasteiger partial charge < -0.3 is 11.5 Å². The first-order chi connectivity index (χ1) is 20.0. The molecule has 42 heavy (non-hydrogen) atoms. The Kier molecular flexibility index (Phi) is 37.9. The third-order valence-corrected chi connectivity index (χ3v) is 6.05. The summed E-state index contributed by atoms with van der Waals surface area (Å²) in [5.41, 5.74) is 18.2. The monoisotopic (exact) mass is 583 g/mol. The highest BCUT2D eigenvalue weighted by molar-refractivity contribution is 5.44. The Balaban J connectivity index is -0.000000239. The second kappa shape index (κ2) is 34.5. The molecule has 1 aromatic carbocycles. The first-order valence-electron chi connectivity index (χ1n) is 15.8. The average Bonchev–Trinajstić information content (AvgIpc) is 3.01. The number of hydrogen-bond acceptors (Lipinski definition) is 2. The molecule has 240 valence electrons. The van der Waals surface area contributed by atoms with E-state index in [4.69, 9.17) is 11.5 Å². The lowest BCUT2D eigenvalue weighted by Crippen LogP contribution is -2.16. The van der Waals surface area contributed by atoms with Crippen molar-refractivity contribution in [1.29, 1.82) is 0 Å². The average molecular weight is 583 g/mol.